The van der Waals surface area contributed by atoms with Crippen molar-refractivity contribution in [1.29, 1.82) is 0 Å². The average Bonchev–Trinajstić information content (AvgIpc) is 2.71. The van der Waals surface area contributed by atoms with Crippen molar-refractivity contribution in [2.45, 2.75) is 25.7 Å². The van der Waals surface area contributed by atoms with E-state index >= 15 is 0 Å². The molecule has 1 N–H and O–H groups in total. The number of hydrogen-bond donors (Lipinski definition) is 1. The van der Waals surface area contributed by atoms with Gasteiger partial charge in [-0.2, -0.15) is 5.10 Å². The second kappa shape index (κ2) is 4.87. The Hall–Kier alpha value is -1.36. The van der Waals surface area contributed by atoms with Crippen LogP contribution in [0.1, 0.15) is 41.9 Å². The van der Waals surface area contributed by atoms with Gasteiger partial charge in [0.2, 0.25) is 0 Å². The van der Waals surface area contributed by atoms with Crippen LogP contribution in [0.5, 0.6) is 0 Å². The van der Waals surface area contributed by atoms with Crippen LogP contribution in [0.3, 0.4) is 0 Å². The standard InChI is InChI=1S/C12H19N3O2/c1-3-15-6-4-5-9(8-15)10-7-11(12(16)17)14(2)13-10/h7,9H,3-6,8H2,1-2H3,(H,16,17). The number of aromatic nitrogens is 2. The van der Waals surface area contributed by atoms with E-state index in [0.29, 0.717) is 5.92 Å². The second-order valence-corrected chi connectivity index (χ2v) is 4.62. The summed E-state index contributed by atoms with van der Waals surface area (Å²) in [4.78, 5) is 13.4. The number of nitrogens with zero attached hydrogens (tertiary/aromatic N) is 3. The third-order valence-electron chi connectivity index (χ3n) is 3.49. The summed E-state index contributed by atoms with van der Waals surface area (Å²) < 4.78 is 1.46. The van der Waals surface area contributed by atoms with Gasteiger partial charge < -0.3 is 10.0 Å². The highest BCUT2D eigenvalue weighted by Gasteiger charge is 2.24. The molecule has 5 heteroatoms. The molecule has 1 unspecified atom stereocenters. The molecule has 0 amide bonds. The van der Waals surface area contributed by atoms with E-state index in [2.05, 4.69) is 16.9 Å². The zero-order valence-electron chi connectivity index (χ0n) is 10.4. The van der Waals surface area contributed by atoms with Crippen LogP contribution in [0.15, 0.2) is 6.07 Å². The Kier molecular flexibility index (Phi) is 3.47. The van der Waals surface area contributed by atoms with E-state index in [1.54, 1.807) is 13.1 Å². The molecule has 0 aliphatic carbocycles. The third kappa shape index (κ3) is 2.49. The summed E-state index contributed by atoms with van der Waals surface area (Å²) in [6.45, 7) is 5.34. The first-order valence-electron chi connectivity index (χ1n) is 6.11. The first-order chi connectivity index (χ1) is 8.11. The number of carboxylic acids is 1. The lowest BCUT2D eigenvalue weighted by molar-refractivity contribution is 0.0685. The lowest BCUT2D eigenvalue weighted by atomic mass is 9.95. The topological polar surface area (TPSA) is 58.4 Å². The number of piperidine rings is 1. The molecule has 0 spiro atoms. The maximum atomic E-state index is 11.0. The van der Waals surface area contributed by atoms with Crippen molar-refractivity contribution in [3.63, 3.8) is 0 Å². The zero-order valence-corrected chi connectivity index (χ0v) is 10.4. The molecule has 1 saturated heterocycles. The van der Waals surface area contributed by atoms with E-state index in [9.17, 15) is 4.79 Å². The predicted molar refractivity (Wildman–Crippen MR) is 64.3 cm³/mol. The number of hydrogen-bond acceptors (Lipinski definition) is 3. The van der Waals surface area contributed by atoms with E-state index in [0.717, 1.165) is 38.2 Å². The van der Waals surface area contributed by atoms with Crippen LogP contribution in [-0.2, 0) is 7.05 Å². The van der Waals surface area contributed by atoms with Crippen LogP contribution in [0.2, 0.25) is 0 Å². The summed E-state index contributed by atoms with van der Waals surface area (Å²) in [5.41, 5.74) is 1.19. The minimum atomic E-state index is -0.908. The van der Waals surface area contributed by atoms with Gasteiger partial charge in [0.1, 0.15) is 5.69 Å². The quantitative estimate of drug-likeness (QED) is 0.861. The van der Waals surface area contributed by atoms with Crippen LogP contribution in [-0.4, -0.2) is 45.4 Å². The molecular formula is C12H19N3O2. The summed E-state index contributed by atoms with van der Waals surface area (Å²) in [6.07, 6.45) is 2.27. The first-order valence-corrected chi connectivity index (χ1v) is 6.11. The Bertz CT molecular complexity index is 414. The summed E-state index contributed by atoms with van der Waals surface area (Å²) in [5, 5.41) is 13.3. The highest BCUT2D eigenvalue weighted by Crippen LogP contribution is 2.26. The van der Waals surface area contributed by atoms with Gasteiger partial charge in [-0.25, -0.2) is 4.79 Å². The number of likely N-dealkylation sites (N-methyl/N-ethyl adjacent to an activating group) is 1. The number of aryl methyl sites for hydroxylation is 1. The van der Waals surface area contributed by atoms with Gasteiger partial charge in [-0.15, -0.1) is 0 Å². The highest BCUT2D eigenvalue weighted by atomic mass is 16.4. The van der Waals surface area contributed by atoms with E-state index in [1.807, 2.05) is 0 Å². The Morgan fingerprint density at radius 1 is 1.65 bits per heavy atom. The number of rotatable bonds is 3. The second-order valence-electron chi connectivity index (χ2n) is 4.62. The van der Waals surface area contributed by atoms with E-state index < -0.39 is 5.97 Å². The van der Waals surface area contributed by atoms with Crippen LogP contribution in [0.25, 0.3) is 0 Å². The lowest BCUT2D eigenvalue weighted by Gasteiger charge is -2.30. The number of aromatic carboxylic acids is 1. The fourth-order valence-electron chi connectivity index (χ4n) is 2.47. The monoisotopic (exact) mass is 237 g/mol. The molecule has 2 rings (SSSR count). The van der Waals surface area contributed by atoms with Gasteiger partial charge in [-0.1, -0.05) is 6.92 Å². The average molecular weight is 237 g/mol. The molecule has 0 radical (unpaired) electrons. The molecule has 1 fully saturated rings. The van der Waals surface area contributed by atoms with Crippen LogP contribution in [0.4, 0.5) is 0 Å². The normalized spacial score (nSPS) is 21.6. The van der Waals surface area contributed by atoms with Gasteiger partial charge in [0.25, 0.3) is 0 Å². The Balaban J connectivity index is 2.16. The fraction of sp³-hybridized carbons (Fsp3) is 0.667. The Morgan fingerprint density at radius 3 is 3.00 bits per heavy atom. The molecular weight excluding hydrogens is 218 g/mol. The minimum absolute atomic E-state index is 0.272. The van der Waals surface area contributed by atoms with Crippen molar-refractivity contribution < 1.29 is 9.90 Å². The first kappa shape index (κ1) is 12.1. The van der Waals surface area contributed by atoms with E-state index in [-0.39, 0.29) is 5.69 Å². The number of carbonyl (C=O) groups is 1. The summed E-state index contributed by atoms with van der Waals surface area (Å²) in [5.74, 6) is -0.530. The van der Waals surface area contributed by atoms with Gasteiger partial charge in [0.15, 0.2) is 0 Å². The van der Waals surface area contributed by atoms with Gasteiger partial charge in [-0.05, 0) is 32.0 Å². The van der Waals surface area contributed by atoms with Crippen LogP contribution < -0.4 is 0 Å². The molecule has 1 aliphatic heterocycles. The molecule has 17 heavy (non-hydrogen) atoms. The highest BCUT2D eigenvalue weighted by molar-refractivity contribution is 5.85. The lowest BCUT2D eigenvalue weighted by Crippen LogP contribution is -2.34. The number of likely N-dealkylation sites (tertiary alicyclic amines) is 1. The van der Waals surface area contributed by atoms with Crippen molar-refractivity contribution in [1.82, 2.24) is 14.7 Å². The number of carboxylic acid groups (broad SMARTS) is 1. The Labute approximate surface area is 101 Å². The summed E-state index contributed by atoms with van der Waals surface area (Å²) in [7, 11) is 1.69. The van der Waals surface area contributed by atoms with Crippen molar-refractivity contribution in [2.75, 3.05) is 19.6 Å². The molecule has 0 aromatic carbocycles. The smallest absolute Gasteiger partial charge is 0.354 e. The molecule has 1 aromatic heterocycles. The van der Waals surface area contributed by atoms with E-state index in [4.69, 9.17) is 5.11 Å². The Morgan fingerprint density at radius 2 is 2.41 bits per heavy atom. The van der Waals surface area contributed by atoms with Crippen molar-refractivity contribution >= 4 is 5.97 Å². The molecule has 94 valence electrons. The van der Waals surface area contributed by atoms with Crippen molar-refractivity contribution in [2.24, 2.45) is 7.05 Å². The molecule has 0 bridgehead atoms. The summed E-state index contributed by atoms with van der Waals surface area (Å²) >= 11 is 0. The molecule has 1 aliphatic rings. The third-order valence-corrected chi connectivity index (χ3v) is 3.49. The molecule has 1 aromatic rings. The zero-order chi connectivity index (χ0) is 12.4. The predicted octanol–water partition coefficient (Wildman–Crippen LogP) is 1.32. The molecule has 1 atom stereocenters. The maximum Gasteiger partial charge on any atom is 0.354 e. The largest absolute Gasteiger partial charge is 0.477 e. The van der Waals surface area contributed by atoms with E-state index in [1.165, 1.54) is 4.68 Å². The molecule has 0 saturated carbocycles. The molecule has 5 nitrogen and oxygen atoms in total. The molecule has 2 heterocycles. The van der Waals surface area contributed by atoms with Gasteiger partial charge >= 0.3 is 5.97 Å². The fourth-order valence-corrected chi connectivity index (χ4v) is 2.47. The van der Waals surface area contributed by atoms with Gasteiger partial charge in [-0.3, -0.25) is 4.68 Å². The minimum Gasteiger partial charge on any atom is -0.477 e. The van der Waals surface area contributed by atoms with Gasteiger partial charge in [0, 0.05) is 19.5 Å². The van der Waals surface area contributed by atoms with Gasteiger partial charge in [0.05, 0.1) is 5.69 Å². The van der Waals surface area contributed by atoms with Crippen LogP contribution >= 0.6 is 0 Å². The SMILES string of the molecule is CCN1CCCC(c2cc(C(=O)O)n(C)n2)C1. The summed E-state index contributed by atoms with van der Waals surface area (Å²) in [6, 6.07) is 1.71. The van der Waals surface area contributed by atoms with Crippen molar-refractivity contribution in [3.05, 3.63) is 17.5 Å². The maximum absolute atomic E-state index is 11.0. The van der Waals surface area contributed by atoms with Crippen molar-refractivity contribution in [3.8, 4) is 0 Å². The van der Waals surface area contributed by atoms with Crippen LogP contribution in [0, 0.1) is 0 Å².